The van der Waals surface area contributed by atoms with E-state index in [1.54, 1.807) is 12.1 Å². The Bertz CT molecular complexity index is 608. The number of carbonyl (C=O) groups is 2. The number of amides is 1. The fraction of sp³-hybridized carbons (Fsp3) is 0.125. The van der Waals surface area contributed by atoms with Gasteiger partial charge in [-0.05, 0) is 23.3 Å². The van der Waals surface area contributed by atoms with Crippen LogP contribution in [0.3, 0.4) is 0 Å². The van der Waals surface area contributed by atoms with E-state index in [4.69, 9.17) is 9.84 Å². The number of rotatable bonds is 6. The summed E-state index contributed by atoms with van der Waals surface area (Å²) in [6.07, 6.45) is 0. The van der Waals surface area contributed by atoms with E-state index in [-0.39, 0.29) is 6.61 Å². The maximum absolute atomic E-state index is 11.3. The molecule has 1 amide bonds. The Hall–Kier alpha value is -2.82. The minimum absolute atomic E-state index is 0.210. The molecule has 0 saturated carbocycles. The van der Waals surface area contributed by atoms with Crippen molar-refractivity contribution >= 4 is 11.9 Å². The second kappa shape index (κ2) is 7.09. The summed E-state index contributed by atoms with van der Waals surface area (Å²) in [6.45, 7) is -0.618. The number of ether oxygens (including phenoxy) is 1. The molecule has 21 heavy (non-hydrogen) atoms. The van der Waals surface area contributed by atoms with E-state index in [1.807, 2.05) is 42.5 Å². The highest BCUT2D eigenvalue weighted by Gasteiger charge is 2.05. The van der Waals surface area contributed by atoms with Crippen molar-refractivity contribution < 1.29 is 19.4 Å². The van der Waals surface area contributed by atoms with Gasteiger partial charge < -0.3 is 15.2 Å². The Balaban J connectivity index is 1.88. The summed E-state index contributed by atoms with van der Waals surface area (Å²) < 4.78 is 5.29. The van der Waals surface area contributed by atoms with Gasteiger partial charge in [0.15, 0.2) is 6.61 Å². The highest BCUT2D eigenvalue weighted by atomic mass is 16.5. The predicted molar refractivity (Wildman–Crippen MR) is 78.0 cm³/mol. The summed E-state index contributed by atoms with van der Waals surface area (Å²) in [5, 5.41) is 10.7. The van der Waals surface area contributed by atoms with Crippen molar-refractivity contribution in [2.45, 2.75) is 0 Å². The van der Waals surface area contributed by atoms with Gasteiger partial charge in [-0.15, -0.1) is 0 Å². The second-order valence-corrected chi connectivity index (χ2v) is 4.35. The summed E-state index contributed by atoms with van der Waals surface area (Å²) in [4.78, 5) is 21.6. The topological polar surface area (TPSA) is 75.6 Å². The molecule has 2 rings (SSSR count). The first-order chi connectivity index (χ1) is 10.1. The Morgan fingerprint density at radius 3 is 2.19 bits per heavy atom. The van der Waals surface area contributed by atoms with Gasteiger partial charge in [0.1, 0.15) is 12.3 Å². The molecule has 0 bridgehead atoms. The van der Waals surface area contributed by atoms with Gasteiger partial charge in [-0.3, -0.25) is 9.59 Å². The highest BCUT2D eigenvalue weighted by Crippen LogP contribution is 2.21. The Morgan fingerprint density at radius 1 is 0.952 bits per heavy atom. The maximum Gasteiger partial charge on any atom is 0.322 e. The second-order valence-electron chi connectivity index (χ2n) is 4.35. The lowest BCUT2D eigenvalue weighted by Crippen LogP contribution is -2.33. The van der Waals surface area contributed by atoms with Crippen molar-refractivity contribution in [2.24, 2.45) is 0 Å². The van der Waals surface area contributed by atoms with Crippen molar-refractivity contribution in [1.82, 2.24) is 5.32 Å². The third-order valence-corrected chi connectivity index (χ3v) is 2.77. The minimum Gasteiger partial charge on any atom is -0.484 e. The first kappa shape index (κ1) is 14.6. The third kappa shape index (κ3) is 4.65. The summed E-state index contributed by atoms with van der Waals surface area (Å²) >= 11 is 0. The largest absolute Gasteiger partial charge is 0.484 e. The number of carbonyl (C=O) groups excluding carboxylic acids is 1. The number of carboxylic acid groups (broad SMARTS) is 1. The van der Waals surface area contributed by atoms with E-state index in [1.165, 1.54) is 0 Å². The molecule has 5 nitrogen and oxygen atoms in total. The molecular formula is C16H15NO4. The zero-order valence-electron chi connectivity index (χ0n) is 11.3. The van der Waals surface area contributed by atoms with Crippen LogP contribution in [0.5, 0.6) is 5.75 Å². The smallest absolute Gasteiger partial charge is 0.322 e. The van der Waals surface area contributed by atoms with E-state index < -0.39 is 18.4 Å². The number of hydrogen-bond acceptors (Lipinski definition) is 3. The van der Waals surface area contributed by atoms with Crippen molar-refractivity contribution in [2.75, 3.05) is 13.2 Å². The SMILES string of the molecule is O=C(O)CNC(=O)COc1ccc(-c2ccccc2)cc1. The van der Waals surface area contributed by atoms with Crippen LogP contribution in [-0.4, -0.2) is 30.1 Å². The molecule has 2 aromatic carbocycles. The summed E-state index contributed by atoms with van der Waals surface area (Å²) in [5.74, 6) is -1.000. The van der Waals surface area contributed by atoms with Crippen molar-refractivity contribution in [3.63, 3.8) is 0 Å². The average molecular weight is 285 g/mol. The Kier molecular flexibility index (Phi) is 4.93. The van der Waals surface area contributed by atoms with Crippen LogP contribution >= 0.6 is 0 Å². The van der Waals surface area contributed by atoms with Gasteiger partial charge in [-0.2, -0.15) is 0 Å². The lowest BCUT2D eigenvalue weighted by molar-refractivity contribution is -0.138. The monoisotopic (exact) mass is 285 g/mol. The average Bonchev–Trinajstić information content (AvgIpc) is 2.52. The van der Waals surface area contributed by atoms with Crippen LogP contribution < -0.4 is 10.1 Å². The van der Waals surface area contributed by atoms with E-state index >= 15 is 0 Å². The third-order valence-electron chi connectivity index (χ3n) is 2.77. The van der Waals surface area contributed by atoms with Gasteiger partial charge >= 0.3 is 5.97 Å². The molecule has 0 heterocycles. The molecule has 0 aliphatic rings. The van der Waals surface area contributed by atoms with E-state index in [2.05, 4.69) is 5.32 Å². The molecule has 2 aromatic rings. The van der Waals surface area contributed by atoms with E-state index in [0.717, 1.165) is 11.1 Å². The molecule has 2 N–H and O–H groups in total. The van der Waals surface area contributed by atoms with Crippen molar-refractivity contribution in [1.29, 1.82) is 0 Å². The molecule has 5 heteroatoms. The van der Waals surface area contributed by atoms with Gasteiger partial charge in [0.05, 0.1) is 0 Å². The van der Waals surface area contributed by atoms with Crippen molar-refractivity contribution in [3.8, 4) is 16.9 Å². The van der Waals surface area contributed by atoms with Gasteiger partial charge in [-0.25, -0.2) is 0 Å². The summed E-state index contributed by atoms with van der Waals surface area (Å²) in [7, 11) is 0. The molecule has 0 unspecified atom stereocenters. The van der Waals surface area contributed by atoms with Crippen molar-refractivity contribution in [3.05, 3.63) is 54.6 Å². The van der Waals surface area contributed by atoms with E-state index in [9.17, 15) is 9.59 Å². The standard InChI is InChI=1S/C16H15NO4/c18-15(17-10-16(19)20)11-21-14-8-6-13(7-9-14)12-4-2-1-3-5-12/h1-9H,10-11H2,(H,17,18)(H,19,20). The molecule has 108 valence electrons. The number of aliphatic carboxylic acids is 1. The van der Waals surface area contributed by atoms with Crippen LogP contribution in [0.2, 0.25) is 0 Å². The lowest BCUT2D eigenvalue weighted by Gasteiger charge is -2.07. The molecule has 0 aliphatic heterocycles. The fourth-order valence-corrected chi connectivity index (χ4v) is 1.75. The number of benzene rings is 2. The molecule has 0 aliphatic carbocycles. The van der Waals surface area contributed by atoms with E-state index in [0.29, 0.717) is 5.75 Å². The maximum atomic E-state index is 11.3. The Morgan fingerprint density at radius 2 is 1.57 bits per heavy atom. The van der Waals surface area contributed by atoms with Gasteiger partial charge in [0, 0.05) is 0 Å². The first-order valence-electron chi connectivity index (χ1n) is 6.42. The molecule has 0 radical (unpaired) electrons. The fourth-order valence-electron chi connectivity index (χ4n) is 1.75. The normalized spacial score (nSPS) is 9.90. The van der Waals surface area contributed by atoms with Crippen LogP contribution in [0.1, 0.15) is 0 Å². The quantitative estimate of drug-likeness (QED) is 0.850. The zero-order chi connectivity index (χ0) is 15.1. The summed E-state index contributed by atoms with van der Waals surface area (Å²) in [5.41, 5.74) is 2.15. The van der Waals surface area contributed by atoms with Gasteiger partial charge in [0.25, 0.3) is 5.91 Å². The first-order valence-corrected chi connectivity index (χ1v) is 6.42. The molecule has 0 spiro atoms. The highest BCUT2D eigenvalue weighted by molar-refractivity contribution is 5.82. The predicted octanol–water partition coefficient (Wildman–Crippen LogP) is 1.93. The van der Waals surface area contributed by atoms with Crippen LogP contribution in [0.25, 0.3) is 11.1 Å². The van der Waals surface area contributed by atoms with Crippen LogP contribution in [0, 0.1) is 0 Å². The zero-order valence-corrected chi connectivity index (χ0v) is 11.3. The molecule has 0 atom stereocenters. The van der Waals surface area contributed by atoms with Gasteiger partial charge in [0.2, 0.25) is 0 Å². The minimum atomic E-state index is -1.09. The molecule has 0 saturated heterocycles. The molecule has 0 aromatic heterocycles. The number of hydrogen-bond donors (Lipinski definition) is 2. The van der Waals surface area contributed by atoms with Crippen LogP contribution in [0.4, 0.5) is 0 Å². The summed E-state index contributed by atoms with van der Waals surface area (Å²) in [6, 6.07) is 17.2. The number of nitrogens with one attached hydrogen (secondary N) is 1. The van der Waals surface area contributed by atoms with Crippen LogP contribution in [-0.2, 0) is 9.59 Å². The number of carboxylic acids is 1. The molecular weight excluding hydrogens is 270 g/mol. The van der Waals surface area contributed by atoms with Crippen LogP contribution in [0.15, 0.2) is 54.6 Å². The van der Waals surface area contributed by atoms with Gasteiger partial charge in [-0.1, -0.05) is 42.5 Å². The lowest BCUT2D eigenvalue weighted by atomic mass is 10.1. The molecule has 0 fully saturated rings. The Labute approximate surface area is 122 Å².